The molecule has 0 radical (unpaired) electrons. The molecule has 10 heavy (non-hydrogen) atoms. The van der Waals surface area contributed by atoms with Crippen LogP contribution in [-0.4, -0.2) is 5.10 Å². The normalized spacial score (nSPS) is 10.5. The fraction of sp³-hybridized carbons (Fsp3) is 0.143. The molecule has 0 aliphatic rings. The maximum absolute atomic E-state index is 4.25. The number of rotatable bonds is 0. The third-order valence-corrected chi connectivity index (χ3v) is 2.23. The molecule has 0 spiro atoms. The number of fused-ring (bicyclic) bond motifs is 1. The minimum atomic E-state index is 1.08. The van der Waals surface area contributed by atoms with E-state index in [1.807, 2.05) is 29.3 Å². The molecule has 0 saturated carbocycles. The Bertz CT molecular complexity index is 320. The van der Waals surface area contributed by atoms with Crippen LogP contribution in [0.25, 0.3) is 10.2 Å². The standard InChI is InChI=1S/C7H7N2S/c1-9-8-6-4-2-3-5-7(6)10-9/h2-5H,1H3/q+1. The molecule has 0 unspecified atom stereocenters. The number of hydrogen-bond acceptors (Lipinski definition) is 2. The van der Waals surface area contributed by atoms with Gasteiger partial charge in [-0.05, 0) is 16.2 Å². The molecule has 1 aromatic carbocycles. The van der Waals surface area contributed by atoms with Crippen molar-refractivity contribution in [2.75, 3.05) is 0 Å². The minimum absolute atomic E-state index is 1.08. The summed E-state index contributed by atoms with van der Waals surface area (Å²) in [6.45, 7) is 0. The van der Waals surface area contributed by atoms with Gasteiger partial charge in [-0.2, -0.15) is 0 Å². The molecule has 50 valence electrons. The summed E-state index contributed by atoms with van der Waals surface area (Å²) in [5, 5.41) is 4.25. The molecule has 0 aliphatic heterocycles. The average Bonchev–Trinajstić information content (AvgIpc) is 2.27. The summed E-state index contributed by atoms with van der Waals surface area (Å²) in [5.41, 5.74) is 1.08. The van der Waals surface area contributed by atoms with Gasteiger partial charge in [-0.15, -0.1) is 0 Å². The van der Waals surface area contributed by atoms with E-state index < -0.39 is 0 Å². The molecular formula is C7H7N2S+. The minimum Gasteiger partial charge on any atom is -0.0605 e. The van der Waals surface area contributed by atoms with E-state index in [9.17, 15) is 0 Å². The zero-order valence-electron chi connectivity index (χ0n) is 5.61. The third-order valence-electron chi connectivity index (χ3n) is 1.34. The fourth-order valence-electron chi connectivity index (χ4n) is 0.931. The van der Waals surface area contributed by atoms with E-state index in [0.717, 1.165) is 5.52 Å². The highest BCUT2D eigenvalue weighted by molar-refractivity contribution is 7.09. The number of hydrogen-bond donors (Lipinski definition) is 0. The molecule has 2 aromatic rings. The number of aromatic nitrogens is 2. The molecule has 0 saturated heterocycles. The van der Waals surface area contributed by atoms with Gasteiger partial charge in [-0.1, -0.05) is 12.1 Å². The van der Waals surface area contributed by atoms with E-state index in [2.05, 4.69) is 11.2 Å². The molecule has 2 nitrogen and oxygen atoms in total. The van der Waals surface area contributed by atoms with E-state index in [4.69, 9.17) is 0 Å². The zero-order valence-corrected chi connectivity index (χ0v) is 6.43. The van der Waals surface area contributed by atoms with Gasteiger partial charge in [-0.25, -0.2) is 0 Å². The van der Waals surface area contributed by atoms with Crippen LogP contribution in [0.2, 0.25) is 0 Å². The molecule has 3 heteroatoms. The van der Waals surface area contributed by atoms with Gasteiger partial charge in [0, 0.05) is 5.10 Å². The van der Waals surface area contributed by atoms with Crippen molar-refractivity contribution in [1.29, 1.82) is 0 Å². The Kier molecular flexibility index (Phi) is 1.17. The van der Waals surface area contributed by atoms with Crippen LogP contribution in [0.1, 0.15) is 0 Å². The first-order chi connectivity index (χ1) is 4.86. The van der Waals surface area contributed by atoms with Gasteiger partial charge in [-0.3, -0.25) is 0 Å². The monoisotopic (exact) mass is 151 g/mol. The lowest BCUT2D eigenvalue weighted by atomic mass is 10.3. The molecule has 1 heterocycles. The lowest BCUT2D eigenvalue weighted by Gasteiger charge is -1.74. The summed E-state index contributed by atoms with van der Waals surface area (Å²) < 4.78 is 3.11. The van der Waals surface area contributed by atoms with Gasteiger partial charge >= 0.3 is 0 Å². The van der Waals surface area contributed by atoms with Gasteiger partial charge in [0.05, 0.1) is 0 Å². The summed E-state index contributed by atoms with van der Waals surface area (Å²) in [4.78, 5) is 0. The summed E-state index contributed by atoms with van der Waals surface area (Å²) in [6.07, 6.45) is 0. The van der Waals surface area contributed by atoms with E-state index in [1.165, 1.54) is 4.70 Å². The highest BCUT2D eigenvalue weighted by atomic mass is 32.1. The lowest BCUT2D eigenvalue weighted by Crippen LogP contribution is -2.24. The smallest absolute Gasteiger partial charge is 0.0605 e. The van der Waals surface area contributed by atoms with Crippen molar-refractivity contribution >= 4 is 21.7 Å². The van der Waals surface area contributed by atoms with Gasteiger partial charge in [0.25, 0.3) is 0 Å². The van der Waals surface area contributed by atoms with E-state index in [1.54, 1.807) is 11.5 Å². The second-order valence-corrected chi connectivity index (χ2v) is 3.27. The predicted molar refractivity (Wildman–Crippen MR) is 40.8 cm³/mol. The van der Waals surface area contributed by atoms with Crippen molar-refractivity contribution in [3.05, 3.63) is 24.3 Å². The second-order valence-electron chi connectivity index (χ2n) is 2.12. The van der Waals surface area contributed by atoms with Crippen LogP contribution in [0.15, 0.2) is 24.3 Å². The molecule has 1 aromatic heterocycles. The van der Waals surface area contributed by atoms with Crippen LogP contribution >= 0.6 is 11.5 Å². The zero-order chi connectivity index (χ0) is 6.97. The Balaban J connectivity index is 2.88. The van der Waals surface area contributed by atoms with Crippen LogP contribution in [0.4, 0.5) is 0 Å². The molecule has 0 atom stereocenters. The van der Waals surface area contributed by atoms with Crippen LogP contribution in [0.3, 0.4) is 0 Å². The topological polar surface area (TPSA) is 16.8 Å². The van der Waals surface area contributed by atoms with Crippen LogP contribution in [-0.2, 0) is 7.05 Å². The Hall–Kier alpha value is -0.960. The first-order valence-corrected chi connectivity index (χ1v) is 3.86. The molecule has 0 aliphatic carbocycles. The average molecular weight is 151 g/mol. The fourth-order valence-corrected chi connectivity index (χ4v) is 1.69. The summed E-state index contributed by atoms with van der Waals surface area (Å²) in [7, 11) is 1.95. The Morgan fingerprint density at radius 1 is 1.40 bits per heavy atom. The maximum atomic E-state index is 4.25. The first-order valence-electron chi connectivity index (χ1n) is 3.08. The van der Waals surface area contributed by atoms with Crippen molar-refractivity contribution in [3.63, 3.8) is 0 Å². The molecule has 0 N–H and O–H groups in total. The van der Waals surface area contributed by atoms with E-state index in [-0.39, 0.29) is 0 Å². The number of benzene rings is 1. The van der Waals surface area contributed by atoms with Crippen molar-refractivity contribution in [2.45, 2.75) is 0 Å². The van der Waals surface area contributed by atoms with E-state index in [0.29, 0.717) is 0 Å². The van der Waals surface area contributed by atoms with Crippen molar-refractivity contribution in [2.24, 2.45) is 7.05 Å². The third kappa shape index (κ3) is 0.789. The quantitative estimate of drug-likeness (QED) is 0.515. The molecule has 0 amide bonds. The van der Waals surface area contributed by atoms with Crippen LogP contribution < -0.4 is 4.07 Å². The van der Waals surface area contributed by atoms with Gasteiger partial charge in [0.2, 0.25) is 0 Å². The largest absolute Gasteiger partial charge is 0.180 e. The molecule has 0 fully saturated rings. The number of aryl methyl sites for hydroxylation is 1. The Morgan fingerprint density at radius 2 is 2.20 bits per heavy atom. The summed E-state index contributed by atoms with van der Waals surface area (Å²) >= 11 is 1.66. The van der Waals surface area contributed by atoms with E-state index >= 15 is 0 Å². The highest BCUT2D eigenvalue weighted by Crippen LogP contribution is 2.11. The van der Waals surface area contributed by atoms with Crippen molar-refractivity contribution < 1.29 is 4.07 Å². The predicted octanol–water partition coefficient (Wildman–Crippen LogP) is 1.12. The van der Waals surface area contributed by atoms with Gasteiger partial charge in [0.1, 0.15) is 4.70 Å². The Morgan fingerprint density at radius 3 is 3.00 bits per heavy atom. The second kappa shape index (κ2) is 2.02. The maximum Gasteiger partial charge on any atom is 0.180 e. The van der Waals surface area contributed by atoms with Crippen molar-refractivity contribution in [3.8, 4) is 0 Å². The lowest BCUT2D eigenvalue weighted by molar-refractivity contribution is -0.661. The van der Waals surface area contributed by atoms with Crippen molar-refractivity contribution in [1.82, 2.24) is 5.10 Å². The van der Waals surface area contributed by atoms with Gasteiger partial charge < -0.3 is 0 Å². The molecular weight excluding hydrogens is 144 g/mol. The molecule has 0 bridgehead atoms. The summed E-state index contributed by atoms with van der Waals surface area (Å²) in [6, 6.07) is 8.13. The highest BCUT2D eigenvalue weighted by Gasteiger charge is 2.03. The van der Waals surface area contributed by atoms with Gasteiger partial charge in [0.15, 0.2) is 24.1 Å². The Labute approximate surface area is 62.9 Å². The first kappa shape index (κ1) is 5.80. The van der Waals surface area contributed by atoms with Crippen LogP contribution in [0.5, 0.6) is 0 Å². The molecule has 2 rings (SSSR count). The summed E-state index contributed by atoms with van der Waals surface area (Å²) in [5.74, 6) is 0. The number of nitrogens with zero attached hydrogens (tertiary/aromatic N) is 2. The van der Waals surface area contributed by atoms with Crippen LogP contribution in [0, 0.1) is 0 Å². The SMILES string of the molecule is C[n+]1nc2ccccc2s1.